The summed E-state index contributed by atoms with van der Waals surface area (Å²) < 4.78 is 9.87. The van der Waals surface area contributed by atoms with E-state index in [1.165, 1.54) is 20.0 Å². The zero-order valence-electron chi connectivity index (χ0n) is 15.8. The monoisotopic (exact) mass is 394 g/mol. The maximum atomic E-state index is 11.9. The molecule has 0 radical (unpaired) electrons. The summed E-state index contributed by atoms with van der Waals surface area (Å²) in [5.74, 6) is -0.471. The van der Waals surface area contributed by atoms with Crippen LogP contribution < -0.4 is 0 Å². The molecule has 1 aromatic rings. The molecule has 0 aliphatic heterocycles. The highest BCUT2D eigenvalue weighted by molar-refractivity contribution is 6.33. The number of carbonyl (C=O) groups is 3. The third kappa shape index (κ3) is 7.33. The van der Waals surface area contributed by atoms with Crippen molar-refractivity contribution < 1.29 is 23.9 Å². The maximum Gasteiger partial charge on any atom is 0.339 e. The lowest BCUT2D eigenvalue weighted by atomic mass is 10.0. The molecule has 0 atom stereocenters. The van der Waals surface area contributed by atoms with Gasteiger partial charge in [0.15, 0.2) is 0 Å². The summed E-state index contributed by atoms with van der Waals surface area (Å²) in [6.07, 6.45) is 7.13. The van der Waals surface area contributed by atoms with E-state index in [0.29, 0.717) is 36.0 Å². The van der Waals surface area contributed by atoms with Crippen molar-refractivity contribution in [1.29, 1.82) is 0 Å². The van der Waals surface area contributed by atoms with Crippen molar-refractivity contribution in [1.82, 2.24) is 0 Å². The SMILES string of the molecule is COC(=O)c1ccc(CCCCC(=O)CC(=O)OCC2CCCC2)cc1Cl. The number of rotatable bonds is 10. The van der Waals surface area contributed by atoms with Crippen molar-refractivity contribution in [2.24, 2.45) is 5.92 Å². The van der Waals surface area contributed by atoms with E-state index in [9.17, 15) is 14.4 Å². The predicted octanol–water partition coefficient (Wildman–Crippen LogP) is 4.53. The average molecular weight is 395 g/mol. The number of carbonyl (C=O) groups excluding carboxylic acids is 3. The Morgan fingerprint density at radius 3 is 2.56 bits per heavy atom. The topological polar surface area (TPSA) is 69.7 Å². The second-order valence-electron chi connectivity index (χ2n) is 7.06. The smallest absolute Gasteiger partial charge is 0.339 e. The third-order valence-electron chi connectivity index (χ3n) is 4.91. The number of hydrogen-bond acceptors (Lipinski definition) is 5. The van der Waals surface area contributed by atoms with Crippen LogP contribution in [0.15, 0.2) is 18.2 Å². The molecule has 1 aromatic carbocycles. The first-order valence-corrected chi connectivity index (χ1v) is 9.91. The molecule has 1 aliphatic carbocycles. The molecule has 5 nitrogen and oxygen atoms in total. The Morgan fingerprint density at radius 1 is 1.15 bits per heavy atom. The minimum absolute atomic E-state index is 0.0782. The van der Waals surface area contributed by atoms with Crippen molar-refractivity contribution in [2.75, 3.05) is 13.7 Å². The van der Waals surface area contributed by atoms with Gasteiger partial charge in [-0.15, -0.1) is 0 Å². The molecular weight excluding hydrogens is 368 g/mol. The number of esters is 2. The lowest BCUT2D eigenvalue weighted by Crippen LogP contribution is -2.15. The van der Waals surface area contributed by atoms with Gasteiger partial charge >= 0.3 is 11.9 Å². The lowest BCUT2D eigenvalue weighted by molar-refractivity contribution is -0.147. The number of unbranched alkanes of at least 4 members (excludes halogenated alkanes) is 1. The fraction of sp³-hybridized carbons (Fsp3) is 0.571. The first-order valence-electron chi connectivity index (χ1n) is 9.53. The van der Waals surface area contributed by atoms with Gasteiger partial charge in [0.1, 0.15) is 12.2 Å². The molecule has 0 amide bonds. The van der Waals surface area contributed by atoms with E-state index in [-0.39, 0.29) is 12.2 Å². The van der Waals surface area contributed by atoms with Gasteiger partial charge in [-0.05, 0) is 55.7 Å². The highest BCUT2D eigenvalue weighted by atomic mass is 35.5. The van der Waals surface area contributed by atoms with E-state index >= 15 is 0 Å². The molecule has 0 N–H and O–H groups in total. The highest BCUT2D eigenvalue weighted by Gasteiger charge is 2.18. The van der Waals surface area contributed by atoms with E-state index in [4.69, 9.17) is 16.3 Å². The Labute approximate surface area is 165 Å². The van der Waals surface area contributed by atoms with E-state index in [1.54, 1.807) is 12.1 Å². The number of hydrogen-bond donors (Lipinski definition) is 0. The van der Waals surface area contributed by atoms with Gasteiger partial charge in [-0.2, -0.15) is 0 Å². The zero-order valence-corrected chi connectivity index (χ0v) is 16.6. The van der Waals surface area contributed by atoms with Gasteiger partial charge in [0, 0.05) is 6.42 Å². The summed E-state index contributed by atoms with van der Waals surface area (Å²) in [4.78, 5) is 35.1. The van der Waals surface area contributed by atoms with E-state index in [0.717, 1.165) is 31.2 Å². The van der Waals surface area contributed by atoms with Crippen molar-refractivity contribution in [3.8, 4) is 0 Å². The van der Waals surface area contributed by atoms with E-state index in [2.05, 4.69) is 4.74 Å². The van der Waals surface area contributed by atoms with Crippen LogP contribution in [-0.2, 0) is 25.5 Å². The molecular formula is C21H27ClO5. The molecule has 6 heteroatoms. The fourth-order valence-electron chi connectivity index (χ4n) is 3.33. The zero-order chi connectivity index (χ0) is 19.6. The van der Waals surface area contributed by atoms with Crippen LogP contribution in [0.5, 0.6) is 0 Å². The third-order valence-corrected chi connectivity index (χ3v) is 5.22. The van der Waals surface area contributed by atoms with Crippen molar-refractivity contribution in [3.05, 3.63) is 34.3 Å². The van der Waals surface area contributed by atoms with Crippen LogP contribution in [0.2, 0.25) is 5.02 Å². The maximum absolute atomic E-state index is 11.9. The quantitative estimate of drug-likeness (QED) is 0.331. The summed E-state index contributed by atoms with van der Waals surface area (Å²) in [7, 11) is 1.31. The Balaban J connectivity index is 1.62. The molecule has 0 spiro atoms. The van der Waals surface area contributed by atoms with Crippen LogP contribution in [-0.4, -0.2) is 31.4 Å². The first kappa shape index (κ1) is 21.4. The van der Waals surface area contributed by atoms with E-state index < -0.39 is 11.9 Å². The van der Waals surface area contributed by atoms with Gasteiger partial charge in [-0.3, -0.25) is 9.59 Å². The normalized spacial score (nSPS) is 14.1. The number of benzene rings is 1. The Hall–Kier alpha value is -1.88. The molecule has 0 aromatic heterocycles. The minimum Gasteiger partial charge on any atom is -0.465 e. The number of ketones is 1. The molecule has 0 heterocycles. The molecule has 1 fully saturated rings. The van der Waals surface area contributed by atoms with Crippen molar-refractivity contribution in [2.45, 2.75) is 57.8 Å². The average Bonchev–Trinajstić information content (AvgIpc) is 3.16. The van der Waals surface area contributed by atoms with Gasteiger partial charge in [0.25, 0.3) is 0 Å². The molecule has 148 valence electrons. The number of ether oxygens (including phenoxy) is 2. The van der Waals surface area contributed by atoms with Crippen molar-refractivity contribution in [3.63, 3.8) is 0 Å². The number of methoxy groups -OCH3 is 1. The van der Waals surface area contributed by atoms with Crippen LogP contribution >= 0.6 is 11.6 Å². The van der Waals surface area contributed by atoms with Crippen LogP contribution in [0.3, 0.4) is 0 Å². The Bertz CT molecular complexity index is 665. The fourth-order valence-corrected chi connectivity index (χ4v) is 3.61. The Morgan fingerprint density at radius 2 is 1.89 bits per heavy atom. The molecule has 1 saturated carbocycles. The van der Waals surface area contributed by atoms with E-state index in [1.807, 2.05) is 6.07 Å². The van der Waals surface area contributed by atoms with Crippen molar-refractivity contribution >= 4 is 29.3 Å². The number of aryl methyl sites for hydroxylation is 1. The second-order valence-corrected chi connectivity index (χ2v) is 7.47. The minimum atomic E-state index is -0.461. The van der Waals surface area contributed by atoms with Crippen LogP contribution in [0.4, 0.5) is 0 Å². The number of halogens is 1. The summed E-state index contributed by atoms with van der Waals surface area (Å²) in [6, 6.07) is 5.23. The van der Waals surface area contributed by atoms with Gasteiger partial charge < -0.3 is 9.47 Å². The molecule has 0 bridgehead atoms. The largest absolute Gasteiger partial charge is 0.465 e. The molecule has 0 saturated heterocycles. The summed E-state index contributed by atoms with van der Waals surface area (Å²) in [5.41, 5.74) is 1.34. The summed E-state index contributed by atoms with van der Waals surface area (Å²) >= 11 is 6.09. The molecule has 2 rings (SSSR count). The predicted molar refractivity (Wildman–Crippen MR) is 103 cm³/mol. The first-order chi connectivity index (χ1) is 13.0. The summed E-state index contributed by atoms with van der Waals surface area (Å²) in [6.45, 7) is 0.453. The second kappa shape index (κ2) is 11.1. The lowest BCUT2D eigenvalue weighted by Gasteiger charge is -2.09. The van der Waals surface area contributed by atoms with Crippen LogP contribution in [0.1, 0.15) is 67.3 Å². The highest BCUT2D eigenvalue weighted by Crippen LogP contribution is 2.25. The summed E-state index contributed by atoms with van der Waals surface area (Å²) in [5, 5.41) is 0.362. The Kier molecular flexibility index (Phi) is 8.79. The standard InChI is InChI=1S/C21H27ClO5/c1-26-21(25)18-11-10-15(12-19(18)22)6-4-5-9-17(23)13-20(24)27-14-16-7-2-3-8-16/h10-12,16H,2-9,13-14H2,1H3. The molecule has 27 heavy (non-hydrogen) atoms. The molecule has 0 unspecified atom stereocenters. The van der Waals surface area contributed by atoms with Gasteiger partial charge in [-0.1, -0.05) is 30.5 Å². The van der Waals surface area contributed by atoms with Gasteiger partial charge in [0.05, 0.1) is 24.3 Å². The van der Waals surface area contributed by atoms with Gasteiger partial charge in [-0.25, -0.2) is 4.79 Å². The van der Waals surface area contributed by atoms with Gasteiger partial charge in [0.2, 0.25) is 0 Å². The molecule has 1 aliphatic rings. The number of Topliss-reactive ketones (excluding diaryl/α,β-unsaturated/α-hetero) is 1. The van der Waals surface area contributed by atoms with Crippen LogP contribution in [0.25, 0.3) is 0 Å². The van der Waals surface area contributed by atoms with Crippen LogP contribution in [0, 0.1) is 5.92 Å².